The van der Waals surface area contributed by atoms with Gasteiger partial charge in [0.25, 0.3) is 5.22 Å². The predicted octanol–water partition coefficient (Wildman–Crippen LogP) is 3.51. The van der Waals surface area contributed by atoms with Crippen LogP contribution in [0.15, 0.2) is 52.2 Å². The van der Waals surface area contributed by atoms with E-state index in [1.165, 1.54) is 22.9 Å². The number of carbonyl (C=O) groups is 1. The first kappa shape index (κ1) is 15.2. The lowest BCUT2D eigenvalue weighted by Crippen LogP contribution is -2.32. The number of oxazole rings is 1. The number of aromatic nitrogens is 2. The van der Waals surface area contributed by atoms with Gasteiger partial charge in [-0.1, -0.05) is 36.0 Å². The summed E-state index contributed by atoms with van der Waals surface area (Å²) >= 11 is 1.29. The molecule has 0 saturated heterocycles. The fourth-order valence-electron chi connectivity index (χ4n) is 3.08. The van der Waals surface area contributed by atoms with Crippen molar-refractivity contribution < 1.29 is 9.21 Å². The summed E-state index contributed by atoms with van der Waals surface area (Å²) in [4.78, 5) is 20.7. The fourth-order valence-corrected chi connectivity index (χ4v) is 3.72. The van der Waals surface area contributed by atoms with Gasteiger partial charge in [-0.05, 0) is 42.5 Å². The predicted molar refractivity (Wildman–Crippen MR) is 92.8 cm³/mol. The monoisotopic (exact) mass is 339 g/mol. The van der Waals surface area contributed by atoms with Crippen LogP contribution in [0.1, 0.15) is 30.0 Å². The third kappa shape index (κ3) is 3.14. The van der Waals surface area contributed by atoms with Gasteiger partial charge in [-0.15, -0.1) is 0 Å². The highest BCUT2D eigenvalue weighted by Crippen LogP contribution is 2.29. The number of thioether (sulfide) groups is 1. The molecule has 1 N–H and O–H groups in total. The second-order valence-corrected chi connectivity index (χ2v) is 6.73. The molecule has 1 amide bonds. The van der Waals surface area contributed by atoms with E-state index in [1.54, 1.807) is 12.3 Å². The molecule has 0 unspecified atom stereocenters. The van der Waals surface area contributed by atoms with E-state index >= 15 is 0 Å². The minimum atomic E-state index is -0.00285. The van der Waals surface area contributed by atoms with Crippen LogP contribution < -0.4 is 5.32 Å². The molecule has 3 aromatic rings. The van der Waals surface area contributed by atoms with Crippen molar-refractivity contribution in [3.63, 3.8) is 0 Å². The van der Waals surface area contributed by atoms with Crippen molar-refractivity contribution in [3.8, 4) is 0 Å². The van der Waals surface area contributed by atoms with E-state index in [1.807, 2.05) is 12.1 Å². The molecular formula is C18H17N3O2S. The van der Waals surface area contributed by atoms with Gasteiger partial charge in [0, 0.05) is 6.20 Å². The lowest BCUT2D eigenvalue weighted by atomic mass is 9.88. The standard InChI is InChI=1S/C18H17N3O2S/c22-16(11-24-18-21-17-15(23-18)9-4-10-19-17)20-14-8-3-6-12-5-1-2-7-13(12)14/h1-2,4-5,7,9-10,14H,3,6,8,11H2,(H,20,22)/t14-/m1/s1. The normalized spacial score (nSPS) is 16.8. The van der Waals surface area contributed by atoms with Crippen molar-refractivity contribution in [2.45, 2.75) is 30.5 Å². The summed E-state index contributed by atoms with van der Waals surface area (Å²) in [5.41, 5.74) is 3.79. The Balaban J connectivity index is 1.39. The molecule has 0 spiro atoms. The van der Waals surface area contributed by atoms with E-state index < -0.39 is 0 Å². The third-order valence-corrected chi connectivity index (χ3v) is 5.00. The summed E-state index contributed by atoms with van der Waals surface area (Å²) in [5.74, 6) is 0.280. The molecule has 1 aromatic carbocycles. The van der Waals surface area contributed by atoms with Gasteiger partial charge in [0.05, 0.1) is 11.8 Å². The van der Waals surface area contributed by atoms with Gasteiger partial charge in [0.1, 0.15) is 0 Å². The van der Waals surface area contributed by atoms with Gasteiger partial charge >= 0.3 is 0 Å². The van der Waals surface area contributed by atoms with Crippen LogP contribution in [0, 0.1) is 0 Å². The lowest BCUT2D eigenvalue weighted by Gasteiger charge is -2.26. The number of amides is 1. The van der Waals surface area contributed by atoms with Crippen molar-refractivity contribution in [2.24, 2.45) is 0 Å². The molecule has 1 aliphatic carbocycles. The lowest BCUT2D eigenvalue weighted by molar-refractivity contribution is -0.119. The van der Waals surface area contributed by atoms with Crippen LogP contribution >= 0.6 is 11.8 Å². The number of carbonyl (C=O) groups excluding carboxylic acids is 1. The topological polar surface area (TPSA) is 68.0 Å². The number of hydrogen-bond acceptors (Lipinski definition) is 5. The Morgan fingerprint density at radius 3 is 3.12 bits per heavy atom. The van der Waals surface area contributed by atoms with Crippen LogP contribution in [0.25, 0.3) is 11.2 Å². The van der Waals surface area contributed by atoms with Crippen molar-refractivity contribution in [2.75, 3.05) is 5.75 Å². The molecule has 4 rings (SSSR count). The highest BCUT2D eigenvalue weighted by atomic mass is 32.2. The molecule has 0 radical (unpaired) electrons. The summed E-state index contributed by atoms with van der Waals surface area (Å²) in [6.45, 7) is 0. The van der Waals surface area contributed by atoms with Gasteiger partial charge in [-0.2, -0.15) is 4.98 Å². The zero-order valence-electron chi connectivity index (χ0n) is 13.1. The van der Waals surface area contributed by atoms with Crippen molar-refractivity contribution >= 4 is 28.9 Å². The molecule has 0 bridgehead atoms. The van der Waals surface area contributed by atoms with Crippen LogP contribution in [-0.4, -0.2) is 21.6 Å². The minimum Gasteiger partial charge on any atom is -0.430 e. The Morgan fingerprint density at radius 2 is 2.21 bits per heavy atom. The van der Waals surface area contributed by atoms with Crippen LogP contribution in [0.4, 0.5) is 0 Å². The number of pyridine rings is 1. The molecule has 24 heavy (non-hydrogen) atoms. The second kappa shape index (κ2) is 6.65. The van der Waals surface area contributed by atoms with Crippen molar-refractivity contribution in [1.82, 2.24) is 15.3 Å². The number of hydrogen-bond donors (Lipinski definition) is 1. The molecule has 0 aliphatic heterocycles. The molecule has 2 aromatic heterocycles. The van der Waals surface area contributed by atoms with Gasteiger partial charge in [-0.25, -0.2) is 4.98 Å². The molecule has 6 heteroatoms. The third-order valence-electron chi connectivity index (χ3n) is 4.18. The Hall–Kier alpha value is -2.34. The first-order valence-corrected chi connectivity index (χ1v) is 9.00. The summed E-state index contributed by atoms with van der Waals surface area (Å²) < 4.78 is 5.57. The smallest absolute Gasteiger partial charge is 0.258 e. The van der Waals surface area contributed by atoms with Crippen LogP contribution in [-0.2, 0) is 11.2 Å². The highest BCUT2D eigenvalue weighted by molar-refractivity contribution is 7.99. The molecule has 5 nitrogen and oxygen atoms in total. The van der Waals surface area contributed by atoms with Crippen molar-refractivity contribution in [3.05, 3.63) is 53.7 Å². The van der Waals surface area contributed by atoms with Gasteiger partial charge in [0.2, 0.25) is 5.91 Å². The average Bonchev–Trinajstić information content (AvgIpc) is 3.03. The first-order chi connectivity index (χ1) is 11.8. The zero-order chi connectivity index (χ0) is 16.4. The SMILES string of the molecule is O=C(CSc1nc2ncccc2o1)N[C@@H]1CCCc2ccccc21. The maximum atomic E-state index is 12.3. The first-order valence-electron chi connectivity index (χ1n) is 8.01. The highest BCUT2D eigenvalue weighted by Gasteiger charge is 2.21. The summed E-state index contributed by atoms with van der Waals surface area (Å²) in [6.07, 6.45) is 4.85. The summed E-state index contributed by atoms with van der Waals surface area (Å²) in [7, 11) is 0. The van der Waals surface area contributed by atoms with E-state index in [4.69, 9.17) is 4.42 Å². The maximum Gasteiger partial charge on any atom is 0.258 e. The van der Waals surface area contributed by atoms with Gasteiger partial charge in [-0.3, -0.25) is 4.79 Å². The number of nitrogens with zero attached hydrogens (tertiary/aromatic N) is 2. The minimum absolute atomic E-state index is 0.00285. The Bertz CT molecular complexity index is 844. The summed E-state index contributed by atoms with van der Waals surface area (Å²) in [5, 5.41) is 3.61. The van der Waals surface area contributed by atoms with Crippen LogP contribution in [0.3, 0.4) is 0 Å². The molecular weight excluding hydrogens is 322 g/mol. The molecule has 0 saturated carbocycles. The largest absolute Gasteiger partial charge is 0.430 e. The Morgan fingerprint density at radius 1 is 1.29 bits per heavy atom. The van der Waals surface area contributed by atoms with Gasteiger partial charge < -0.3 is 9.73 Å². The van der Waals surface area contributed by atoms with E-state index in [9.17, 15) is 4.79 Å². The maximum absolute atomic E-state index is 12.3. The van der Waals surface area contributed by atoms with E-state index in [2.05, 4.69) is 33.5 Å². The quantitative estimate of drug-likeness (QED) is 0.737. The number of aryl methyl sites for hydroxylation is 1. The van der Waals surface area contributed by atoms with Gasteiger partial charge in [0.15, 0.2) is 11.2 Å². The molecule has 122 valence electrons. The van der Waals surface area contributed by atoms with E-state index in [-0.39, 0.29) is 17.7 Å². The number of fused-ring (bicyclic) bond motifs is 2. The number of benzene rings is 1. The molecule has 0 fully saturated rings. The van der Waals surface area contributed by atoms with Crippen LogP contribution in [0.5, 0.6) is 0 Å². The number of rotatable bonds is 4. The average molecular weight is 339 g/mol. The molecule has 1 atom stereocenters. The summed E-state index contributed by atoms with van der Waals surface area (Å²) in [6, 6.07) is 12.1. The second-order valence-electron chi connectivity index (χ2n) is 5.80. The molecule has 2 heterocycles. The molecule has 1 aliphatic rings. The Labute approximate surface area is 143 Å². The fraction of sp³-hybridized carbons (Fsp3) is 0.278. The zero-order valence-corrected chi connectivity index (χ0v) is 13.9. The van der Waals surface area contributed by atoms with E-state index in [0.717, 1.165) is 19.3 Å². The van der Waals surface area contributed by atoms with E-state index in [0.29, 0.717) is 16.5 Å². The van der Waals surface area contributed by atoms with Crippen LogP contribution in [0.2, 0.25) is 0 Å². The Kier molecular flexibility index (Phi) is 4.21. The van der Waals surface area contributed by atoms with Crippen molar-refractivity contribution in [1.29, 1.82) is 0 Å². The number of nitrogens with one attached hydrogen (secondary N) is 1.